The zero-order chi connectivity index (χ0) is 22.2. The molecule has 1 atom stereocenters. The van der Waals surface area contributed by atoms with Gasteiger partial charge in [0.05, 0.1) is 22.2 Å². The molecule has 160 valence electrons. The van der Waals surface area contributed by atoms with E-state index in [0.717, 1.165) is 4.88 Å². The first-order chi connectivity index (χ1) is 15.5. The number of carbonyl (C=O) groups excluding carboxylic acids is 1. The van der Waals surface area contributed by atoms with Gasteiger partial charge in [0.15, 0.2) is 0 Å². The molecule has 1 unspecified atom stereocenters. The predicted octanol–water partition coefficient (Wildman–Crippen LogP) is 6.29. The Bertz CT molecular complexity index is 1320. The molecule has 1 aliphatic rings. The number of carbonyl (C=O) groups is 1. The Balaban J connectivity index is 1.67. The molecule has 1 aliphatic heterocycles. The summed E-state index contributed by atoms with van der Waals surface area (Å²) in [6, 6.07) is 15.8. The van der Waals surface area contributed by atoms with E-state index in [1.165, 1.54) is 28.4 Å². The van der Waals surface area contributed by atoms with E-state index in [4.69, 9.17) is 16.1 Å². The van der Waals surface area contributed by atoms with Crippen LogP contribution in [0, 0.1) is 5.82 Å². The van der Waals surface area contributed by atoms with Gasteiger partial charge in [-0.3, -0.25) is 4.90 Å². The average molecular weight is 467 g/mol. The second kappa shape index (κ2) is 8.22. The lowest BCUT2D eigenvalue weighted by Crippen LogP contribution is -2.46. The average Bonchev–Trinajstić information content (AvgIpc) is 3.46. The number of nitrogens with one attached hydrogen (secondary N) is 1. The first-order valence-electron chi connectivity index (χ1n) is 9.71. The third kappa shape index (κ3) is 3.68. The first kappa shape index (κ1) is 20.4. The van der Waals surface area contributed by atoms with Crippen molar-refractivity contribution in [3.63, 3.8) is 0 Å². The molecular weight excluding hydrogens is 451 g/mol. The lowest BCUT2D eigenvalue weighted by Gasteiger charge is -2.35. The monoisotopic (exact) mass is 466 g/mol. The molecule has 5 rings (SSSR count). The largest absolute Gasteiger partial charge is 0.334 e. The highest BCUT2D eigenvalue weighted by Gasteiger charge is 2.36. The molecular formula is C23H16ClFN4O2S. The highest BCUT2D eigenvalue weighted by molar-refractivity contribution is 7.13. The lowest BCUT2D eigenvalue weighted by atomic mass is 9.94. The quantitative estimate of drug-likeness (QED) is 0.383. The topological polar surface area (TPSA) is 71.3 Å². The third-order valence-electron chi connectivity index (χ3n) is 5.15. The summed E-state index contributed by atoms with van der Waals surface area (Å²) in [4.78, 5) is 20.1. The highest BCUT2D eigenvalue weighted by atomic mass is 35.5. The molecule has 0 spiro atoms. The smallest absolute Gasteiger partial charge is 0.326 e. The maximum Gasteiger partial charge on any atom is 0.326 e. The van der Waals surface area contributed by atoms with Crippen LogP contribution in [0.25, 0.3) is 16.3 Å². The third-order valence-corrected chi connectivity index (χ3v) is 6.25. The van der Waals surface area contributed by atoms with Crippen LogP contribution in [0.2, 0.25) is 5.02 Å². The van der Waals surface area contributed by atoms with Gasteiger partial charge in [-0.05, 0) is 54.3 Å². The van der Waals surface area contributed by atoms with Crippen molar-refractivity contribution in [2.75, 3.05) is 4.90 Å². The van der Waals surface area contributed by atoms with E-state index >= 15 is 0 Å². The summed E-state index contributed by atoms with van der Waals surface area (Å²) < 4.78 is 19.2. The molecule has 6 nitrogen and oxygen atoms in total. The van der Waals surface area contributed by atoms with Gasteiger partial charge >= 0.3 is 6.03 Å². The summed E-state index contributed by atoms with van der Waals surface area (Å²) in [5.41, 5.74) is 2.51. The molecule has 9 heteroatoms. The van der Waals surface area contributed by atoms with Crippen LogP contribution >= 0.6 is 22.9 Å². The standard InChI is InChI=1S/C23H16ClFN4O2S/c1-13-19(22-27-21(28-31-22)18-6-3-11-32-18)20(14-7-9-16(25)10-8-14)26-23(30)29(13)17-5-2-4-15(24)12-17/h2-12,20H,1H3,(H,26,30). The van der Waals surface area contributed by atoms with Gasteiger partial charge in [0.2, 0.25) is 5.82 Å². The highest BCUT2D eigenvalue weighted by Crippen LogP contribution is 2.39. The Morgan fingerprint density at radius 2 is 1.97 bits per heavy atom. The molecule has 0 saturated heterocycles. The SMILES string of the molecule is CC1=C(c2nc(-c3cccs3)no2)C(c2ccc(F)cc2)NC(=O)N1c1cccc(Cl)c1. The van der Waals surface area contributed by atoms with Gasteiger partial charge in [-0.1, -0.05) is 41.0 Å². The number of anilines is 1. The Kier molecular flexibility index (Phi) is 5.24. The van der Waals surface area contributed by atoms with Crippen molar-refractivity contribution in [2.24, 2.45) is 0 Å². The van der Waals surface area contributed by atoms with E-state index in [9.17, 15) is 9.18 Å². The number of halogens is 2. The molecule has 0 fully saturated rings. The second-order valence-corrected chi connectivity index (χ2v) is 8.53. The van der Waals surface area contributed by atoms with Gasteiger partial charge in [-0.15, -0.1) is 11.3 Å². The van der Waals surface area contributed by atoms with E-state index in [0.29, 0.717) is 33.4 Å². The fourth-order valence-corrected chi connectivity index (χ4v) is 4.52. The van der Waals surface area contributed by atoms with E-state index < -0.39 is 6.04 Å². The normalized spacial score (nSPS) is 16.4. The summed E-state index contributed by atoms with van der Waals surface area (Å²) in [5, 5.41) is 9.53. The number of allylic oxidation sites excluding steroid dienone is 1. The minimum atomic E-state index is -0.602. The molecule has 4 aromatic rings. The van der Waals surface area contributed by atoms with Crippen LogP contribution < -0.4 is 10.2 Å². The van der Waals surface area contributed by atoms with Crippen LogP contribution in [-0.4, -0.2) is 16.2 Å². The van der Waals surface area contributed by atoms with Crippen LogP contribution in [0.5, 0.6) is 0 Å². The minimum Gasteiger partial charge on any atom is -0.334 e. The van der Waals surface area contributed by atoms with E-state index in [-0.39, 0.29) is 17.7 Å². The number of rotatable bonds is 4. The van der Waals surface area contributed by atoms with Gasteiger partial charge in [-0.25, -0.2) is 9.18 Å². The lowest BCUT2D eigenvalue weighted by molar-refractivity contribution is 0.244. The number of hydrogen-bond donors (Lipinski definition) is 1. The molecule has 2 amide bonds. The van der Waals surface area contributed by atoms with Gasteiger partial charge in [0.1, 0.15) is 5.82 Å². The predicted molar refractivity (Wildman–Crippen MR) is 122 cm³/mol. The first-order valence-corrected chi connectivity index (χ1v) is 11.0. The van der Waals surface area contributed by atoms with Gasteiger partial charge < -0.3 is 9.84 Å². The number of thiophene rings is 1. The van der Waals surface area contributed by atoms with Crippen LogP contribution in [0.15, 0.2) is 76.3 Å². The number of nitrogens with zero attached hydrogens (tertiary/aromatic N) is 3. The van der Waals surface area contributed by atoms with E-state index in [1.54, 1.807) is 43.3 Å². The van der Waals surface area contributed by atoms with Crippen LogP contribution in [0.3, 0.4) is 0 Å². The van der Waals surface area contributed by atoms with Crippen molar-refractivity contribution in [3.8, 4) is 10.7 Å². The van der Waals surface area contributed by atoms with Gasteiger partial charge in [-0.2, -0.15) is 4.98 Å². The molecule has 0 bridgehead atoms. The van der Waals surface area contributed by atoms with Crippen LogP contribution in [0.1, 0.15) is 24.4 Å². The van der Waals surface area contributed by atoms with Crippen LogP contribution in [0.4, 0.5) is 14.9 Å². The molecule has 2 aromatic heterocycles. The van der Waals surface area contributed by atoms with Crippen molar-refractivity contribution in [1.29, 1.82) is 0 Å². The Morgan fingerprint density at radius 1 is 1.16 bits per heavy atom. The summed E-state index contributed by atoms with van der Waals surface area (Å²) in [7, 11) is 0. The van der Waals surface area contributed by atoms with Crippen molar-refractivity contribution >= 4 is 40.2 Å². The van der Waals surface area contributed by atoms with Crippen molar-refractivity contribution in [3.05, 3.63) is 94.0 Å². The molecule has 3 heterocycles. The van der Waals surface area contributed by atoms with Crippen molar-refractivity contribution in [1.82, 2.24) is 15.5 Å². The zero-order valence-corrected chi connectivity index (χ0v) is 18.3. The molecule has 0 aliphatic carbocycles. The fraction of sp³-hybridized carbons (Fsp3) is 0.0870. The van der Waals surface area contributed by atoms with Gasteiger partial charge in [0, 0.05) is 10.7 Å². The Hall–Kier alpha value is -3.49. The number of hydrogen-bond acceptors (Lipinski definition) is 5. The van der Waals surface area contributed by atoms with Crippen LogP contribution in [-0.2, 0) is 0 Å². The number of benzene rings is 2. The summed E-state index contributed by atoms with van der Waals surface area (Å²) in [5.74, 6) is 0.364. The Morgan fingerprint density at radius 3 is 2.69 bits per heavy atom. The summed E-state index contributed by atoms with van der Waals surface area (Å²) >= 11 is 7.66. The minimum absolute atomic E-state index is 0.271. The maximum atomic E-state index is 13.5. The van der Waals surface area contributed by atoms with E-state index in [1.807, 2.05) is 17.5 Å². The maximum absolute atomic E-state index is 13.5. The molecule has 2 aromatic carbocycles. The summed E-state index contributed by atoms with van der Waals surface area (Å²) in [6.07, 6.45) is 0. The molecule has 0 saturated carbocycles. The van der Waals surface area contributed by atoms with Crippen molar-refractivity contribution < 1.29 is 13.7 Å². The zero-order valence-electron chi connectivity index (χ0n) is 16.8. The number of amides is 2. The number of aromatic nitrogens is 2. The second-order valence-electron chi connectivity index (χ2n) is 7.15. The number of urea groups is 1. The fourth-order valence-electron chi connectivity index (χ4n) is 3.69. The van der Waals surface area contributed by atoms with Crippen molar-refractivity contribution in [2.45, 2.75) is 13.0 Å². The summed E-state index contributed by atoms with van der Waals surface area (Å²) in [6.45, 7) is 1.81. The van der Waals surface area contributed by atoms with Gasteiger partial charge in [0.25, 0.3) is 5.89 Å². The molecule has 0 radical (unpaired) electrons. The Labute approximate surface area is 191 Å². The molecule has 1 N–H and O–H groups in total. The van der Waals surface area contributed by atoms with E-state index in [2.05, 4.69) is 15.5 Å². The molecule has 32 heavy (non-hydrogen) atoms.